The fourth-order valence-corrected chi connectivity index (χ4v) is 2.62. The first kappa shape index (κ1) is 14.8. The Morgan fingerprint density at radius 3 is 1.55 bits per heavy atom. The third-order valence-electron chi connectivity index (χ3n) is 4.16. The second-order valence-electron chi connectivity index (χ2n) is 6.06. The quantitative estimate of drug-likeness (QED) is 0.775. The van der Waals surface area contributed by atoms with Crippen molar-refractivity contribution in [1.29, 1.82) is 0 Å². The molecular formula is C16H20F2O2. The van der Waals surface area contributed by atoms with Crippen LogP contribution < -0.4 is 0 Å². The molecule has 2 unspecified atom stereocenters. The van der Waals surface area contributed by atoms with Crippen molar-refractivity contribution in [3.05, 3.63) is 47.0 Å². The molecule has 4 heteroatoms. The van der Waals surface area contributed by atoms with Crippen LogP contribution in [0.15, 0.2) is 47.0 Å². The van der Waals surface area contributed by atoms with Crippen molar-refractivity contribution in [3.63, 3.8) is 0 Å². The van der Waals surface area contributed by atoms with Gasteiger partial charge in [-0.1, -0.05) is 30.2 Å². The molecule has 2 nitrogen and oxygen atoms in total. The first-order valence-corrected chi connectivity index (χ1v) is 6.72. The summed E-state index contributed by atoms with van der Waals surface area (Å²) < 4.78 is 28.3. The molecule has 2 atom stereocenters. The maximum Gasteiger partial charge on any atom is 0.168 e. The van der Waals surface area contributed by atoms with Crippen LogP contribution in [0.4, 0.5) is 8.78 Å². The van der Waals surface area contributed by atoms with Gasteiger partial charge in [-0.05, 0) is 31.9 Å². The molecule has 0 heterocycles. The van der Waals surface area contributed by atoms with E-state index in [1.165, 1.54) is 26.0 Å². The summed E-state index contributed by atoms with van der Waals surface area (Å²) in [7, 11) is 0. The van der Waals surface area contributed by atoms with Crippen molar-refractivity contribution < 1.29 is 19.0 Å². The third-order valence-corrected chi connectivity index (χ3v) is 4.16. The molecule has 0 saturated carbocycles. The fourth-order valence-electron chi connectivity index (χ4n) is 2.62. The molecular weight excluding hydrogens is 262 g/mol. The number of alkyl halides is 2. The number of halogens is 2. The Hall–Kier alpha value is -1.58. The normalized spacial score (nSPS) is 35.6. The number of rotatable bonds is 2. The topological polar surface area (TPSA) is 40.5 Å². The van der Waals surface area contributed by atoms with Crippen molar-refractivity contribution in [3.8, 4) is 0 Å². The Bertz CT molecular complexity index is 489. The van der Waals surface area contributed by atoms with Crippen molar-refractivity contribution in [2.24, 2.45) is 5.92 Å². The first-order chi connectivity index (χ1) is 9.13. The zero-order valence-electron chi connectivity index (χ0n) is 12.0. The standard InChI is InChI=1S/C16H20F2O2/c1-10(11-4-6-13(19)15(2,17)8-11)12-5-7-14(20)16(3,18)9-12/h4-7,10,19-20H,8-9H2,1-3H3. The van der Waals surface area contributed by atoms with Gasteiger partial charge in [-0.3, -0.25) is 0 Å². The van der Waals surface area contributed by atoms with Crippen LogP contribution in [0, 0.1) is 5.92 Å². The summed E-state index contributed by atoms with van der Waals surface area (Å²) in [6.45, 7) is 4.55. The molecule has 0 aromatic heterocycles. The van der Waals surface area contributed by atoms with E-state index in [9.17, 15) is 19.0 Å². The third kappa shape index (κ3) is 2.65. The molecule has 2 aliphatic carbocycles. The average Bonchev–Trinajstić information content (AvgIpc) is 2.35. The average molecular weight is 282 g/mol. The summed E-state index contributed by atoms with van der Waals surface area (Å²) in [6.07, 6.45) is 6.28. The molecule has 0 aromatic rings. The highest BCUT2D eigenvalue weighted by molar-refractivity contribution is 5.37. The van der Waals surface area contributed by atoms with Crippen LogP contribution in [0.25, 0.3) is 0 Å². The number of allylic oxidation sites excluding steroid dienone is 8. The predicted octanol–water partition coefficient (Wildman–Crippen LogP) is 4.62. The summed E-state index contributed by atoms with van der Waals surface area (Å²) in [6, 6.07) is 0. The molecule has 2 rings (SSSR count). The molecule has 0 saturated heterocycles. The second-order valence-corrected chi connectivity index (χ2v) is 6.06. The molecule has 0 radical (unpaired) electrons. The molecule has 0 spiro atoms. The van der Waals surface area contributed by atoms with Gasteiger partial charge in [0.05, 0.1) is 0 Å². The van der Waals surface area contributed by atoms with Crippen molar-refractivity contribution in [2.45, 2.75) is 45.0 Å². The maximum atomic E-state index is 14.2. The van der Waals surface area contributed by atoms with Gasteiger partial charge in [-0.2, -0.15) is 0 Å². The van der Waals surface area contributed by atoms with E-state index < -0.39 is 11.3 Å². The van der Waals surface area contributed by atoms with E-state index in [2.05, 4.69) is 0 Å². The minimum absolute atomic E-state index is 0.0898. The first-order valence-electron chi connectivity index (χ1n) is 6.72. The lowest BCUT2D eigenvalue weighted by atomic mass is 9.77. The fraction of sp³-hybridized carbons (Fsp3) is 0.500. The highest BCUT2D eigenvalue weighted by Crippen LogP contribution is 2.41. The highest BCUT2D eigenvalue weighted by atomic mass is 19.1. The monoisotopic (exact) mass is 282 g/mol. The smallest absolute Gasteiger partial charge is 0.168 e. The van der Waals surface area contributed by atoms with Crippen LogP contribution in [0.1, 0.15) is 33.6 Å². The Balaban J connectivity index is 2.24. The largest absolute Gasteiger partial charge is 0.509 e. The summed E-state index contributed by atoms with van der Waals surface area (Å²) >= 11 is 0. The lowest BCUT2D eigenvalue weighted by molar-refractivity contribution is 0.147. The molecule has 110 valence electrons. The minimum Gasteiger partial charge on any atom is -0.509 e. The lowest BCUT2D eigenvalue weighted by Gasteiger charge is -2.32. The molecule has 0 amide bonds. The van der Waals surface area contributed by atoms with Gasteiger partial charge in [0.25, 0.3) is 0 Å². The molecule has 0 aromatic carbocycles. The zero-order chi connectivity index (χ0) is 15.1. The van der Waals surface area contributed by atoms with Crippen molar-refractivity contribution in [1.82, 2.24) is 0 Å². The number of hydrogen-bond donors (Lipinski definition) is 2. The summed E-state index contributed by atoms with van der Waals surface area (Å²) in [4.78, 5) is 0. The maximum absolute atomic E-state index is 14.2. The molecule has 0 aliphatic heterocycles. The van der Waals surface area contributed by atoms with Gasteiger partial charge < -0.3 is 10.2 Å². The lowest BCUT2D eigenvalue weighted by Crippen LogP contribution is -2.29. The molecule has 2 N–H and O–H groups in total. The molecule has 0 fully saturated rings. The van der Waals surface area contributed by atoms with E-state index in [0.29, 0.717) is 0 Å². The van der Waals surface area contributed by atoms with Gasteiger partial charge in [0.15, 0.2) is 11.3 Å². The van der Waals surface area contributed by atoms with Gasteiger partial charge >= 0.3 is 0 Å². The van der Waals surface area contributed by atoms with E-state index in [1.54, 1.807) is 12.2 Å². The van der Waals surface area contributed by atoms with Crippen LogP contribution in [0.5, 0.6) is 0 Å². The Morgan fingerprint density at radius 1 is 0.900 bits per heavy atom. The van der Waals surface area contributed by atoms with Gasteiger partial charge in [-0.15, -0.1) is 0 Å². The summed E-state index contributed by atoms with van der Waals surface area (Å²) in [5.41, 5.74) is -1.93. The number of aliphatic hydroxyl groups is 2. The number of hydrogen-bond acceptors (Lipinski definition) is 2. The molecule has 2 aliphatic rings. The highest BCUT2D eigenvalue weighted by Gasteiger charge is 2.37. The van der Waals surface area contributed by atoms with Crippen LogP contribution in [0.3, 0.4) is 0 Å². The van der Waals surface area contributed by atoms with Crippen molar-refractivity contribution in [2.75, 3.05) is 0 Å². The van der Waals surface area contributed by atoms with Gasteiger partial charge in [-0.25, -0.2) is 8.78 Å². The Labute approximate surface area is 117 Å². The van der Waals surface area contributed by atoms with E-state index in [-0.39, 0.29) is 30.3 Å². The SMILES string of the molecule is CC(C1=CC=C(O)C(C)(F)C1)C1=CC=C(O)C(C)(F)C1. The Morgan fingerprint density at radius 2 is 1.25 bits per heavy atom. The van der Waals surface area contributed by atoms with Crippen LogP contribution in [-0.4, -0.2) is 21.6 Å². The number of aliphatic hydroxyl groups excluding tert-OH is 2. The Kier molecular flexibility index (Phi) is 3.53. The predicted molar refractivity (Wildman–Crippen MR) is 75.0 cm³/mol. The van der Waals surface area contributed by atoms with Crippen LogP contribution in [0.2, 0.25) is 0 Å². The summed E-state index contributed by atoms with van der Waals surface area (Å²) in [5, 5.41) is 19.0. The van der Waals surface area contributed by atoms with Crippen LogP contribution >= 0.6 is 0 Å². The van der Waals surface area contributed by atoms with Crippen LogP contribution in [-0.2, 0) is 0 Å². The van der Waals surface area contributed by atoms with Gasteiger partial charge in [0, 0.05) is 12.8 Å². The summed E-state index contributed by atoms with van der Waals surface area (Å²) in [5.74, 6) is -0.688. The van der Waals surface area contributed by atoms with E-state index in [1.807, 2.05) is 6.92 Å². The second kappa shape index (κ2) is 4.76. The van der Waals surface area contributed by atoms with Crippen molar-refractivity contribution >= 4 is 0 Å². The molecule has 20 heavy (non-hydrogen) atoms. The van der Waals surface area contributed by atoms with E-state index >= 15 is 0 Å². The van der Waals surface area contributed by atoms with E-state index in [0.717, 1.165) is 11.1 Å². The zero-order valence-corrected chi connectivity index (χ0v) is 12.0. The van der Waals surface area contributed by atoms with Gasteiger partial charge in [0.2, 0.25) is 0 Å². The van der Waals surface area contributed by atoms with Gasteiger partial charge in [0.1, 0.15) is 11.5 Å². The van der Waals surface area contributed by atoms with E-state index in [4.69, 9.17) is 0 Å². The minimum atomic E-state index is -1.77. The molecule has 0 bridgehead atoms.